The fourth-order valence-corrected chi connectivity index (χ4v) is 5.45. The monoisotopic (exact) mass is 486 g/mol. The van der Waals surface area contributed by atoms with Gasteiger partial charge in [-0.2, -0.15) is 0 Å². The predicted octanol–water partition coefficient (Wildman–Crippen LogP) is 4.68. The number of benzene rings is 2. The first-order valence-electron chi connectivity index (χ1n) is 12.4. The van der Waals surface area contributed by atoms with Crippen molar-refractivity contribution in [1.82, 2.24) is 15.2 Å². The molecule has 3 aromatic rings. The lowest BCUT2D eigenvalue weighted by atomic mass is 9.94. The van der Waals surface area contributed by atoms with Crippen molar-refractivity contribution >= 4 is 29.2 Å². The smallest absolute Gasteiger partial charge is 0.256 e. The number of nitrogens with one attached hydrogen (secondary N) is 3. The van der Waals surface area contributed by atoms with Crippen LogP contribution >= 0.6 is 0 Å². The molecule has 0 aliphatic carbocycles. The van der Waals surface area contributed by atoms with E-state index < -0.39 is 0 Å². The molecule has 6 nitrogen and oxygen atoms in total. The van der Waals surface area contributed by atoms with Crippen LogP contribution in [0.4, 0.5) is 10.1 Å². The van der Waals surface area contributed by atoms with Gasteiger partial charge in [-0.05, 0) is 74.2 Å². The number of aromatic amines is 1. The third-order valence-corrected chi connectivity index (χ3v) is 7.12. The van der Waals surface area contributed by atoms with Gasteiger partial charge >= 0.3 is 0 Å². The summed E-state index contributed by atoms with van der Waals surface area (Å²) in [5.41, 5.74) is 7.08. The second-order valence-electron chi connectivity index (χ2n) is 9.96. The second-order valence-corrected chi connectivity index (χ2v) is 9.96. The maximum absolute atomic E-state index is 14.0. The fourth-order valence-electron chi connectivity index (χ4n) is 5.45. The van der Waals surface area contributed by atoms with Crippen molar-refractivity contribution in [1.29, 1.82) is 0 Å². The molecule has 7 heteroatoms. The summed E-state index contributed by atoms with van der Waals surface area (Å²) in [5.74, 6) is -0.426. The summed E-state index contributed by atoms with van der Waals surface area (Å²) in [6, 6.07) is 12.5. The number of amides is 2. The molecule has 2 unspecified atom stereocenters. The molecule has 2 amide bonds. The van der Waals surface area contributed by atoms with Crippen LogP contribution in [0.2, 0.25) is 0 Å². The summed E-state index contributed by atoms with van der Waals surface area (Å²) < 4.78 is 14.0. The Hall–Kier alpha value is -3.71. The molecule has 186 valence electrons. The molecule has 3 heterocycles. The van der Waals surface area contributed by atoms with Gasteiger partial charge in [-0.1, -0.05) is 24.3 Å². The molecule has 1 saturated heterocycles. The first-order chi connectivity index (χ1) is 17.2. The Labute approximate surface area is 210 Å². The quantitative estimate of drug-likeness (QED) is 0.469. The van der Waals surface area contributed by atoms with Gasteiger partial charge in [-0.15, -0.1) is 0 Å². The molecule has 0 radical (unpaired) electrons. The van der Waals surface area contributed by atoms with Crippen molar-refractivity contribution < 1.29 is 14.0 Å². The molecule has 0 spiro atoms. The minimum absolute atomic E-state index is 0.108. The summed E-state index contributed by atoms with van der Waals surface area (Å²) in [5, 5.41) is 6.40. The number of fused-ring (bicyclic) bond motifs is 1. The summed E-state index contributed by atoms with van der Waals surface area (Å²) >= 11 is 0. The standard InChI is InChI=1S/C29H31FN4O2/c1-16-14-34(15-17(2)31-16)27(35)13-23-18(3)26(32-19(23)4)12-24-28-22(20-7-5-8-21(30)11-20)9-6-10-25(28)33-29(24)36/h5-12,16-17,31-32H,13-15H2,1-4H3,(H,33,36)/b24-12-. The van der Waals surface area contributed by atoms with Crippen LogP contribution in [0.25, 0.3) is 22.8 Å². The minimum Gasteiger partial charge on any atom is -0.359 e. The molecular weight excluding hydrogens is 455 g/mol. The van der Waals surface area contributed by atoms with Gasteiger partial charge in [-0.3, -0.25) is 9.59 Å². The summed E-state index contributed by atoms with van der Waals surface area (Å²) in [4.78, 5) is 31.5. The van der Waals surface area contributed by atoms with Crippen molar-refractivity contribution in [3.63, 3.8) is 0 Å². The molecule has 1 aromatic heterocycles. The van der Waals surface area contributed by atoms with E-state index in [2.05, 4.69) is 29.5 Å². The zero-order valence-electron chi connectivity index (χ0n) is 21.0. The van der Waals surface area contributed by atoms with E-state index in [-0.39, 0.29) is 29.7 Å². The van der Waals surface area contributed by atoms with Gasteiger partial charge in [0.25, 0.3) is 5.91 Å². The number of H-pyrrole nitrogens is 1. The van der Waals surface area contributed by atoms with Gasteiger partial charge in [0.1, 0.15) is 5.82 Å². The van der Waals surface area contributed by atoms with E-state index >= 15 is 0 Å². The normalized spacial score (nSPS) is 20.5. The van der Waals surface area contributed by atoms with E-state index in [1.807, 2.05) is 49.1 Å². The highest BCUT2D eigenvalue weighted by atomic mass is 19.1. The van der Waals surface area contributed by atoms with Crippen LogP contribution in [-0.2, 0) is 16.0 Å². The molecule has 36 heavy (non-hydrogen) atoms. The number of aryl methyl sites for hydroxylation is 1. The highest BCUT2D eigenvalue weighted by molar-refractivity contribution is 6.36. The lowest BCUT2D eigenvalue weighted by Gasteiger charge is -2.36. The Morgan fingerprint density at radius 2 is 1.83 bits per heavy atom. The number of hydrogen-bond donors (Lipinski definition) is 3. The van der Waals surface area contributed by atoms with Gasteiger partial charge in [0.05, 0.1) is 12.0 Å². The Morgan fingerprint density at radius 1 is 1.11 bits per heavy atom. The first-order valence-corrected chi connectivity index (χ1v) is 12.4. The molecule has 0 bridgehead atoms. The summed E-state index contributed by atoms with van der Waals surface area (Å²) in [7, 11) is 0. The maximum Gasteiger partial charge on any atom is 0.256 e. The molecule has 0 saturated carbocycles. The molecule has 2 aliphatic rings. The van der Waals surface area contributed by atoms with Gasteiger partial charge < -0.3 is 20.5 Å². The maximum atomic E-state index is 14.0. The van der Waals surface area contributed by atoms with Gasteiger partial charge in [-0.25, -0.2) is 4.39 Å². The number of aromatic nitrogens is 1. The van der Waals surface area contributed by atoms with Crippen molar-refractivity contribution in [2.45, 2.75) is 46.2 Å². The Balaban J connectivity index is 1.49. The third-order valence-electron chi connectivity index (χ3n) is 7.12. The average molecular weight is 487 g/mol. The molecule has 2 aliphatic heterocycles. The SMILES string of the molecule is Cc1[nH]c(/C=C2\C(=O)Nc3cccc(-c4cccc(F)c4)c32)c(C)c1CC(=O)N1CC(C)NC(C)C1. The Bertz CT molecular complexity index is 1380. The zero-order valence-corrected chi connectivity index (χ0v) is 21.0. The number of carbonyl (C=O) groups is 2. The molecular formula is C29H31FN4O2. The summed E-state index contributed by atoms with van der Waals surface area (Å²) in [6.07, 6.45) is 2.16. The highest BCUT2D eigenvalue weighted by Crippen LogP contribution is 2.41. The lowest BCUT2D eigenvalue weighted by Crippen LogP contribution is -2.56. The molecule has 1 fully saturated rings. The molecule has 2 atom stereocenters. The molecule has 2 aromatic carbocycles. The number of carbonyl (C=O) groups excluding carboxylic acids is 2. The van der Waals surface area contributed by atoms with Crippen molar-refractivity contribution in [3.8, 4) is 11.1 Å². The second kappa shape index (κ2) is 9.39. The van der Waals surface area contributed by atoms with E-state index in [0.717, 1.165) is 33.6 Å². The largest absolute Gasteiger partial charge is 0.359 e. The van der Waals surface area contributed by atoms with Crippen molar-refractivity contribution in [3.05, 3.63) is 76.4 Å². The fraction of sp³-hybridized carbons (Fsp3) is 0.310. The van der Waals surface area contributed by atoms with Crippen LogP contribution in [0.5, 0.6) is 0 Å². The van der Waals surface area contributed by atoms with E-state index in [4.69, 9.17) is 0 Å². The third kappa shape index (κ3) is 4.46. The molecule has 5 rings (SSSR count). The number of nitrogens with zero attached hydrogens (tertiary/aromatic N) is 1. The lowest BCUT2D eigenvalue weighted by molar-refractivity contribution is -0.132. The number of anilines is 1. The van der Waals surface area contributed by atoms with E-state index in [0.29, 0.717) is 36.3 Å². The van der Waals surface area contributed by atoms with E-state index in [1.165, 1.54) is 12.1 Å². The number of hydrogen-bond acceptors (Lipinski definition) is 3. The van der Waals surface area contributed by atoms with E-state index in [1.54, 1.807) is 6.07 Å². The van der Waals surface area contributed by atoms with Crippen LogP contribution in [0.3, 0.4) is 0 Å². The number of rotatable bonds is 4. The van der Waals surface area contributed by atoms with Crippen LogP contribution in [-0.4, -0.2) is 46.9 Å². The number of piperazine rings is 1. The minimum atomic E-state index is -0.327. The molecule has 3 N–H and O–H groups in total. The summed E-state index contributed by atoms with van der Waals surface area (Å²) in [6.45, 7) is 9.52. The first kappa shape index (κ1) is 24.0. The average Bonchev–Trinajstić information content (AvgIpc) is 3.28. The zero-order chi connectivity index (χ0) is 25.6. The Morgan fingerprint density at radius 3 is 2.56 bits per heavy atom. The van der Waals surface area contributed by atoms with Crippen molar-refractivity contribution in [2.24, 2.45) is 0 Å². The van der Waals surface area contributed by atoms with Gasteiger partial charge in [0.15, 0.2) is 0 Å². The Kier molecular flexibility index (Phi) is 6.26. The number of halogens is 1. The predicted molar refractivity (Wildman–Crippen MR) is 141 cm³/mol. The van der Waals surface area contributed by atoms with Crippen molar-refractivity contribution in [2.75, 3.05) is 18.4 Å². The van der Waals surface area contributed by atoms with Gasteiger partial charge in [0, 0.05) is 47.8 Å². The van der Waals surface area contributed by atoms with Crippen LogP contribution in [0, 0.1) is 19.7 Å². The van der Waals surface area contributed by atoms with Crippen LogP contribution < -0.4 is 10.6 Å². The van der Waals surface area contributed by atoms with Gasteiger partial charge in [0.2, 0.25) is 5.91 Å². The highest BCUT2D eigenvalue weighted by Gasteiger charge is 2.29. The van der Waals surface area contributed by atoms with Crippen LogP contribution in [0.15, 0.2) is 42.5 Å². The topological polar surface area (TPSA) is 77.2 Å². The van der Waals surface area contributed by atoms with E-state index in [9.17, 15) is 14.0 Å². The van der Waals surface area contributed by atoms with Crippen LogP contribution in [0.1, 0.15) is 41.9 Å².